The van der Waals surface area contributed by atoms with E-state index in [1.165, 1.54) is 4.88 Å². The minimum Gasteiger partial charge on any atom is -0.271 e. The summed E-state index contributed by atoms with van der Waals surface area (Å²) in [5.74, 6) is 5.60. The summed E-state index contributed by atoms with van der Waals surface area (Å²) in [6.45, 7) is 2.01. The Labute approximate surface area is 111 Å². The first-order valence-corrected chi connectivity index (χ1v) is 7.36. The number of hydrogen-bond acceptors (Lipinski definition) is 5. The van der Waals surface area contributed by atoms with Crippen molar-refractivity contribution in [3.8, 4) is 0 Å². The molecule has 1 atom stereocenters. The first kappa shape index (κ1) is 12.2. The molecule has 6 heteroatoms. The summed E-state index contributed by atoms with van der Waals surface area (Å²) in [5.41, 5.74) is 3.92. The second kappa shape index (κ2) is 5.37. The van der Waals surface area contributed by atoms with Crippen LogP contribution in [0.2, 0.25) is 0 Å². The van der Waals surface area contributed by atoms with Gasteiger partial charge < -0.3 is 0 Å². The summed E-state index contributed by atoms with van der Waals surface area (Å²) in [6.07, 6.45) is 0.828. The Hall–Kier alpha value is -0.270. The summed E-state index contributed by atoms with van der Waals surface area (Å²) in [7, 11) is 0. The van der Waals surface area contributed by atoms with Gasteiger partial charge in [0.1, 0.15) is 0 Å². The Morgan fingerprint density at radius 2 is 2.38 bits per heavy atom. The van der Waals surface area contributed by atoms with Crippen LogP contribution in [0.4, 0.5) is 0 Å². The van der Waals surface area contributed by atoms with E-state index in [4.69, 9.17) is 5.84 Å². The fourth-order valence-corrected chi connectivity index (χ4v) is 3.98. The summed E-state index contributed by atoms with van der Waals surface area (Å²) in [4.78, 5) is 5.67. The van der Waals surface area contributed by atoms with Crippen molar-refractivity contribution in [2.45, 2.75) is 19.4 Å². The molecule has 2 aromatic rings. The molecule has 0 aliphatic rings. The van der Waals surface area contributed by atoms with Crippen molar-refractivity contribution >= 4 is 38.6 Å². The molecule has 0 amide bonds. The Balaban J connectivity index is 2.15. The Bertz CT molecular complexity index is 466. The minimum atomic E-state index is 0.125. The molecule has 2 rings (SSSR count). The largest absolute Gasteiger partial charge is 0.271 e. The molecule has 86 valence electrons. The van der Waals surface area contributed by atoms with Gasteiger partial charge in [-0.15, -0.1) is 22.7 Å². The number of nitrogens with one attached hydrogen (secondary N) is 1. The number of thiophene rings is 1. The van der Waals surface area contributed by atoms with Gasteiger partial charge in [0.05, 0.1) is 11.0 Å². The molecule has 2 aromatic heterocycles. The number of hydrazine groups is 1. The fraction of sp³-hybridized carbons (Fsp3) is 0.300. The zero-order chi connectivity index (χ0) is 11.5. The zero-order valence-corrected chi connectivity index (χ0v) is 12.0. The SMILES string of the molecule is Cc1csc(CC(NN)c2sccc2Br)n1. The van der Waals surface area contributed by atoms with Crippen LogP contribution in [0.3, 0.4) is 0 Å². The van der Waals surface area contributed by atoms with Crippen LogP contribution in [0.15, 0.2) is 21.3 Å². The van der Waals surface area contributed by atoms with Crippen molar-refractivity contribution in [1.82, 2.24) is 10.4 Å². The van der Waals surface area contributed by atoms with Crippen LogP contribution in [-0.4, -0.2) is 4.98 Å². The molecule has 0 saturated carbocycles. The molecule has 16 heavy (non-hydrogen) atoms. The maximum absolute atomic E-state index is 5.60. The van der Waals surface area contributed by atoms with Gasteiger partial charge in [-0.3, -0.25) is 11.3 Å². The van der Waals surface area contributed by atoms with Crippen molar-refractivity contribution in [1.29, 1.82) is 0 Å². The van der Waals surface area contributed by atoms with E-state index in [1.54, 1.807) is 22.7 Å². The van der Waals surface area contributed by atoms with Gasteiger partial charge in [0.15, 0.2) is 0 Å². The molecule has 2 heterocycles. The van der Waals surface area contributed by atoms with Crippen LogP contribution >= 0.6 is 38.6 Å². The lowest BCUT2D eigenvalue weighted by molar-refractivity contribution is 0.557. The Morgan fingerprint density at radius 1 is 1.56 bits per heavy atom. The van der Waals surface area contributed by atoms with Crippen molar-refractivity contribution in [2.75, 3.05) is 0 Å². The third-order valence-electron chi connectivity index (χ3n) is 2.21. The van der Waals surface area contributed by atoms with Gasteiger partial charge in [-0.1, -0.05) is 0 Å². The molecular formula is C10H12BrN3S2. The number of aromatic nitrogens is 1. The van der Waals surface area contributed by atoms with Gasteiger partial charge in [-0.25, -0.2) is 4.98 Å². The number of nitrogens with zero attached hydrogens (tertiary/aromatic N) is 1. The van der Waals surface area contributed by atoms with Crippen LogP contribution in [-0.2, 0) is 6.42 Å². The van der Waals surface area contributed by atoms with Gasteiger partial charge in [-0.05, 0) is 34.3 Å². The molecule has 0 saturated heterocycles. The molecule has 0 aliphatic carbocycles. The topological polar surface area (TPSA) is 50.9 Å². The van der Waals surface area contributed by atoms with Gasteiger partial charge in [0.2, 0.25) is 0 Å². The van der Waals surface area contributed by atoms with Crippen LogP contribution in [0.1, 0.15) is 21.6 Å². The van der Waals surface area contributed by atoms with Crippen LogP contribution < -0.4 is 11.3 Å². The molecule has 0 fully saturated rings. The molecule has 0 aliphatic heterocycles. The second-order valence-corrected chi connectivity index (χ2v) is 6.18. The predicted octanol–water partition coefficient (Wildman–Crippen LogP) is 3.02. The van der Waals surface area contributed by atoms with Gasteiger partial charge in [0, 0.05) is 26.8 Å². The molecule has 0 aromatic carbocycles. The Morgan fingerprint density at radius 3 is 2.88 bits per heavy atom. The first-order chi connectivity index (χ1) is 7.70. The van der Waals surface area contributed by atoms with Crippen molar-refractivity contribution in [2.24, 2.45) is 5.84 Å². The van der Waals surface area contributed by atoms with Crippen LogP contribution in [0.5, 0.6) is 0 Å². The average Bonchev–Trinajstić information content (AvgIpc) is 2.84. The lowest BCUT2D eigenvalue weighted by atomic mass is 10.2. The Kier molecular flexibility index (Phi) is 4.10. The van der Waals surface area contributed by atoms with E-state index < -0.39 is 0 Å². The van der Waals surface area contributed by atoms with Crippen molar-refractivity contribution < 1.29 is 0 Å². The highest BCUT2D eigenvalue weighted by Crippen LogP contribution is 2.31. The number of thiazole rings is 1. The number of halogens is 1. The molecular weight excluding hydrogens is 306 g/mol. The number of aryl methyl sites for hydroxylation is 1. The smallest absolute Gasteiger partial charge is 0.0947 e. The van der Waals surface area contributed by atoms with E-state index >= 15 is 0 Å². The van der Waals surface area contributed by atoms with E-state index in [-0.39, 0.29) is 6.04 Å². The van der Waals surface area contributed by atoms with Gasteiger partial charge >= 0.3 is 0 Å². The molecule has 0 bridgehead atoms. The third-order valence-corrected chi connectivity index (χ3v) is 5.18. The minimum absolute atomic E-state index is 0.125. The third kappa shape index (κ3) is 2.70. The van der Waals surface area contributed by atoms with E-state index in [0.717, 1.165) is 21.6 Å². The normalized spacial score (nSPS) is 12.9. The number of nitrogens with two attached hydrogens (primary N) is 1. The number of hydrogen-bond donors (Lipinski definition) is 2. The van der Waals surface area contributed by atoms with E-state index in [9.17, 15) is 0 Å². The summed E-state index contributed by atoms with van der Waals surface area (Å²) < 4.78 is 1.11. The summed E-state index contributed by atoms with van der Waals surface area (Å²) in [6, 6.07) is 2.16. The number of rotatable bonds is 4. The molecule has 3 nitrogen and oxygen atoms in total. The predicted molar refractivity (Wildman–Crippen MR) is 72.6 cm³/mol. The highest BCUT2D eigenvalue weighted by molar-refractivity contribution is 9.10. The monoisotopic (exact) mass is 317 g/mol. The van der Waals surface area contributed by atoms with E-state index in [0.29, 0.717) is 0 Å². The second-order valence-electron chi connectivity index (χ2n) is 3.44. The summed E-state index contributed by atoms with van der Waals surface area (Å²) >= 11 is 6.90. The maximum atomic E-state index is 5.60. The lowest BCUT2D eigenvalue weighted by Gasteiger charge is -2.13. The quantitative estimate of drug-likeness (QED) is 0.673. The van der Waals surface area contributed by atoms with Crippen LogP contribution in [0.25, 0.3) is 0 Å². The maximum Gasteiger partial charge on any atom is 0.0947 e. The first-order valence-electron chi connectivity index (χ1n) is 4.80. The standard InChI is InChI=1S/C10H12BrN3S2/c1-6-5-16-9(13-6)4-8(14-12)10-7(11)2-3-15-10/h2-3,5,8,14H,4,12H2,1H3. The zero-order valence-electron chi connectivity index (χ0n) is 8.74. The van der Waals surface area contributed by atoms with Crippen molar-refractivity contribution in [3.63, 3.8) is 0 Å². The van der Waals surface area contributed by atoms with Crippen molar-refractivity contribution in [3.05, 3.63) is 36.9 Å². The molecule has 0 spiro atoms. The fourth-order valence-electron chi connectivity index (χ4n) is 1.45. The molecule has 1 unspecified atom stereocenters. The molecule has 0 radical (unpaired) electrons. The average molecular weight is 318 g/mol. The lowest BCUT2D eigenvalue weighted by Crippen LogP contribution is -2.29. The van der Waals surface area contributed by atoms with E-state index in [1.807, 2.05) is 13.0 Å². The summed E-state index contributed by atoms with van der Waals surface area (Å²) in [5, 5.41) is 5.23. The highest BCUT2D eigenvalue weighted by atomic mass is 79.9. The van der Waals surface area contributed by atoms with Gasteiger partial charge in [0.25, 0.3) is 0 Å². The van der Waals surface area contributed by atoms with Gasteiger partial charge in [-0.2, -0.15) is 0 Å². The van der Waals surface area contributed by atoms with E-state index in [2.05, 4.69) is 37.1 Å². The highest BCUT2D eigenvalue weighted by Gasteiger charge is 2.16. The van der Waals surface area contributed by atoms with Crippen LogP contribution in [0, 0.1) is 6.92 Å². The molecule has 3 N–H and O–H groups in total.